The summed E-state index contributed by atoms with van der Waals surface area (Å²) in [6.45, 7) is 0.195. The maximum absolute atomic E-state index is 12.7. The second-order valence-corrected chi connectivity index (χ2v) is 6.03. The van der Waals surface area contributed by atoms with Gasteiger partial charge >= 0.3 is 6.18 Å². The number of hydrogen-bond donors (Lipinski definition) is 2. The van der Waals surface area contributed by atoms with E-state index in [0.717, 1.165) is 12.1 Å². The van der Waals surface area contributed by atoms with Crippen LogP contribution in [0.2, 0.25) is 0 Å². The fourth-order valence-corrected chi connectivity index (χ4v) is 2.78. The van der Waals surface area contributed by atoms with E-state index in [9.17, 15) is 23.1 Å². The second-order valence-electron chi connectivity index (χ2n) is 6.03. The van der Waals surface area contributed by atoms with E-state index in [1.807, 2.05) is 0 Å². The molecule has 1 aliphatic rings. The van der Waals surface area contributed by atoms with Gasteiger partial charge in [-0.2, -0.15) is 13.2 Å². The number of alkyl halides is 3. The lowest BCUT2D eigenvalue weighted by molar-refractivity contribution is -0.137. The lowest BCUT2D eigenvalue weighted by Crippen LogP contribution is -2.31. The number of halogens is 3. The molecule has 0 saturated heterocycles. The molecule has 0 radical (unpaired) electrons. The number of amides is 1. The predicted molar refractivity (Wildman–Crippen MR) is 92.7 cm³/mol. The van der Waals surface area contributed by atoms with Gasteiger partial charge in [-0.1, -0.05) is 12.1 Å². The highest BCUT2D eigenvalue weighted by Gasteiger charge is 2.30. The summed E-state index contributed by atoms with van der Waals surface area (Å²) in [5.41, 5.74) is -0.268. The Hall–Kier alpha value is -2.94. The van der Waals surface area contributed by atoms with Crippen LogP contribution in [0.4, 0.5) is 13.2 Å². The molecule has 6 nitrogen and oxygen atoms in total. The van der Waals surface area contributed by atoms with E-state index >= 15 is 0 Å². The number of methoxy groups -OCH3 is 1. The summed E-state index contributed by atoms with van der Waals surface area (Å²) in [5.74, 6) is 0.518. The van der Waals surface area contributed by atoms with Crippen molar-refractivity contribution in [2.45, 2.75) is 12.2 Å². The summed E-state index contributed by atoms with van der Waals surface area (Å²) >= 11 is 0. The number of nitrogens with one attached hydrogen (secondary N) is 1. The number of aliphatic hydroxyl groups excluding tert-OH is 1. The quantitative estimate of drug-likeness (QED) is 0.811. The lowest BCUT2D eigenvalue weighted by Gasteiger charge is -2.22. The fraction of sp³-hybridized carbons (Fsp3) is 0.316. The van der Waals surface area contributed by atoms with Gasteiger partial charge in [-0.3, -0.25) is 4.79 Å². The van der Waals surface area contributed by atoms with Crippen molar-refractivity contribution in [3.63, 3.8) is 0 Å². The Kier molecular flexibility index (Phi) is 5.64. The van der Waals surface area contributed by atoms with E-state index < -0.39 is 30.3 Å². The summed E-state index contributed by atoms with van der Waals surface area (Å²) in [4.78, 5) is 12.6. The minimum absolute atomic E-state index is 0.200. The maximum atomic E-state index is 12.7. The average molecular weight is 397 g/mol. The van der Waals surface area contributed by atoms with Crippen LogP contribution in [0.15, 0.2) is 36.4 Å². The van der Waals surface area contributed by atoms with Gasteiger partial charge in [0.1, 0.15) is 13.2 Å². The topological polar surface area (TPSA) is 77.0 Å². The van der Waals surface area contributed by atoms with Crippen molar-refractivity contribution in [2.75, 3.05) is 26.9 Å². The van der Waals surface area contributed by atoms with Crippen molar-refractivity contribution in [3.05, 3.63) is 53.1 Å². The third-order valence-electron chi connectivity index (χ3n) is 4.22. The van der Waals surface area contributed by atoms with Crippen LogP contribution in [0.25, 0.3) is 0 Å². The first-order valence-corrected chi connectivity index (χ1v) is 8.40. The molecule has 0 saturated carbocycles. The standard InChI is InChI=1S/C19H18F3NO5/c1-26-15-8-12(9-16-17(15)28-7-6-27-16)18(25)23-14(10-24)11-2-4-13(5-3-11)19(20,21)22/h2-5,8-9,14,24H,6-7,10H2,1H3,(H,23,25). The highest BCUT2D eigenvalue weighted by atomic mass is 19.4. The van der Waals surface area contributed by atoms with Gasteiger partial charge in [0, 0.05) is 5.56 Å². The molecule has 0 aliphatic carbocycles. The number of hydrogen-bond acceptors (Lipinski definition) is 5. The van der Waals surface area contributed by atoms with Crippen LogP contribution in [-0.4, -0.2) is 37.9 Å². The van der Waals surface area contributed by atoms with Crippen LogP contribution < -0.4 is 19.5 Å². The van der Waals surface area contributed by atoms with E-state index in [2.05, 4.69) is 5.32 Å². The Morgan fingerprint density at radius 1 is 1.21 bits per heavy atom. The molecular formula is C19H18F3NO5. The highest BCUT2D eigenvalue weighted by molar-refractivity contribution is 5.96. The number of carbonyl (C=O) groups is 1. The molecule has 3 rings (SSSR count). The zero-order chi connectivity index (χ0) is 20.3. The molecular weight excluding hydrogens is 379 g/mol. The van der Waals surface area contributed by atoms with Crippen LogP contribution >= 0.6 is 0 Å². The Morgan fingerprint density at radius 3 is 2.50 bits per heavy atom. The van der Waals surface area contributed by atoms with E-state index in [-0.39, 0.29) is 5.56 Å². The van der Waals surface area contributed by atoms with Gasteiger partial charge in [-0.05, 0) is 29.8 Å². The number of carbonyl (C=O) groups excluding carboxylic acids is 1. The van der Waals surface area contributed by atoms with Gasteiger partial charge in [0.15, 0.2) is 11.5 Å². The Balaban J connectivity index is 1.81. The molecule has 0 aromatic heterocycles. The van der Waals surface area contributed by atoms with Crippen molar-refractivity contribution < 1.29 is 37.3 Å². The van der Waals surface area contributed by atoms with Crippen molar-refractivity contribution >= 4 is 5.91 Å². The van der Waals surface area contributed by atoms with E-state index in [1.165, 1.54) is 31.4 Å². The summed E-state index contributed by atoms with van der Waals surface area (Å²) in [7, 11) is 1.42. The second kappa shape index (κ2) is 7.97. The summed E-state index contributed by atoms with van der Waals surface area (Å²) < 4.78 is 54.2. The highest BCUT2D eigenvalue weighted by Crippen LogP contribution is 2.40. The van der Waals surface area contributed by atoms with Crippen LogP contribution in [-0.2, 0) is 6.18 Å². The first-order valence-electron chi connectivity index (χ1n) is 8.40. The molecule has 28 heavy (non-hydrogen) atoms. The van der Waals surface area contributed by atoms with Crippen LogP contribution in [0.1, 0.15) is 27.5 Å². The molecule has 1 atom stereocenters. The molecule has 9 heteroatoms. The smallest absolute Gasteiger partial charge is 0.416 e. The molecule has 2 aromatic carbocycles. The zero-order valence-corrected chi connectivity index (χ0v) is 14.9. The van der Waals surface area contributed by atoms with Crippen molar-refractivity contribution in [3.8, 4) is 17.2 Å². The van der Waals surface area contributed by atoms with E-state index in [4.69, 9.17) is 14.2 Å². The normalized spacial score (nSPS) is 14.3. The lowest BCUT2D eigenvalue weighted by atomic mass is 10.0. The molecule has 1 unspecified atom stereocenters. The summed E-state index contributed by atoms with van der Waals surface area (Å²) in [5, 5.41) is 12.2. The van der Waals surface area contributed by atoms with Gasteiger partial charge < -0.3 is 24.6 Å². The Labute approximate surface area is 158 Å². The fourth-order valence-electron chi connectivity index (χ4n) is 2.78. The zero-order valence-electron chi connectivity index (χ0n) is 14.9. The number of rotatable bonds is 5. The van der Waals surface area contributed by atoms with Gasteiger partial charge in [-0.25, -0.2) is 0 Å². The first-order chi connectivity index (χ1) is 13.3. The Morgan fingerprint density at radius 2 is 1.89 bits per heavy atom. The largest absolute Gasteiger partial charge is 0.493 e. The number of aliphatic hydroxyl groups is 1. The summed E-state index contributed by atoms with van der Waals surface area (Å²) in [6, 6.07) is 6.29. The third kappa shape index (κ3) is 4.14. The van der Waals surface area contributed by atoms with Crippen molar-refractivity contribution in [1.82, 2.24) is 5.32 Å². The van der Waals surface area contributed by atoms with Crippen molar-refractivity contribution in [2.24, 2.45) is 0 Å². The average Bonchev–Trinajstić information content (AvgIpc) is 2.70. The summed E-state index contributed by atoms with van der Waals surface area (Å²) in [6.07, 6.45) is -4.46. The van der Waals surface area contributed by atoms with Crippen LogP contribution in [0, 0.1) is 0 Å². The monoisotopic (exact) mass is 397 g/mol. The number of benzene rings is 2. The molecule has 0 spiro atoms. The molecule has 0 bridgehead atoms. The van der Waals surface area contributed by atoms with Gasteiger partial charge in [0.2, 0.25) is 5.75 Å². The number of ether oxygens (including phenoxy) is 3. The SMILES string of the molecule is COc1cc(C(=O)NC(CO)c2ccc(C(F)(F)F)cc2)cc2c1OCCO2. The van der Waals surface area contributed by atoms with Crippen LogP contribution in [0.3, 0.4) is 0 Å². The van der Waals surface area contributed by atoms with E-state index in [1.54, 1.807) is 0 Å². The van der Waals surface area contributed by atoms with Gasteiger partial charge in [0.05, 0.1) is 25.3 Å². The number of fused-ring (bicyclic) bond motifs is 1. The minimum atomic E-state index is -4.46. The predicted octanol–water partition coefficient (Wildman–Crippen LogP) is 2.95. The molecule has 150 valence electrons. The Bertz CT molecular complexity index is 835. The molecule has 1 heterocycles. The molecule has 0 fully saturated rings. The molecule has 1 amide bonds. The van der Waals surface area contributed by atoms with Crippen molar-refractivity contribution in [1.29, 1.82) is 0 Å². The molecule has 2 aromatic rings. The van der Waals surface area contributed by atoms with Gasteiger partial charge in [0.25, 0.3) is 5.91 Å². The first kappa shape index (κ1) is 19.8. The van der Waals surface area contributed by atoms with Crippen LogP contribution in [0.5, 0.6) is 17.2 Å². The minimum Gasteiger partial charge on any atom is -0.493 e. The molecule has 1 aliphatic heterocycles. The molecule has 2 N–H and O–H groups in total. The van der Waals surface area contributed by atoms with Gasteiger partial charge in [-0.15, -0.1) is 0 Å². The van der Waals surface area contributed by atoms with E-state index in [0.29, 0.717) is 36.0 Å². The third-order valence-corrected chi connectivity index (χ3v) is 4.22. The maximum Gasteiger partial charge on any atom is 0.416 e.